The summed E-state index contributed by atoms with van der Waals surface area (Å²) in [6.07, 6.45) is -1.92. The van der Waals surface area contributed by atoms with Crippen molar-refractivity contribution < 1.29 is 45.4 Å². The largest absolute Gasteiger partial charge is 0.493 e. The van der Waals surface area contributed by atoms with Crippen LogP contribution in [0.25, 0.3) is 0 Å². The van der Waals surface area contributed by atoms with Crippen molar-refractivity contribution >= 4 is 12.2 Å². The highest BCUT2D eigenvalue weighted by Gasteiger charge is 2.58. The second kappa shape index (κ2) is 10.8. The smallest absolute Gasteiger partial charge is 0.458 e. The minimum absolute atomic E-state index is 0.0237. The highest BCUT2D eigenvalue weighted by Crippen LogP contribution is 2.45. The van der Waals surface area contributed by atoms with Gasteiger partial charge >= 0.3 is 12.1 Å². The molecule has 34 heavy (non-hydrogen) atoms. The zero-order valence-corrected chi connectivity index (χ0v) is 17.7. The first-order chi connectivity index (χ1) is 15.9. The molecule has 0 aliphatic carbocycles. The molecular formula is C22H18F6N2O4. The Hall–Kier alpha value is -3.96. The van der Waals surface area contributed by atoms with Crippen LogP contribution in [-0.4, -0.2) is 32.5 Å². The van der Waals surface area contributed by atoms with Crippen LogP contribution in [0.1, 0.15) is 15.9 Å². The van der Waals surface area contributed by atoms with E-state index in [-0.39, 0.29) is 17.2 Å². The zero-order chi connectivity index (χ0) is 25.5. The number of carbonyl (C=O) groups is 2. The van der Waals surface area contributed by atoms with Crippen LogP contribution in [0.5, 0.6) is 17.2 Å². The normalized spacial score (nSPS) is 12.4. The number of amides is 1. The maximum Gasteiger partial charge on any atom is 0.458 e. The summed E-state index contributed by atoms with van der Waals surface area (Å²) in [5.74, 6) is -8.16. The Kier molecular flexibility index (Phi) is 8.33. The summed E-state index contributed by atoms with van der Waals surface area (Å²) in [4.78, 5) is 23.6. The Morgan fingerprint density at radius 1 is 1.00 bits per heavy atom. The molecule has 0 radical (unpaired) electrons. The predicted octanol–water partition coefficient (Wildman–Crippen LogP) is 4.83. The molecule has 182 valence electrons. The maximum atomic E-state index is 13.9. The summed E-state index contributed by atoms with van der Waals surface area (Å²) in [7, 11) is 2.69. The molecule has 0 aliphatic heterocycles. The first kappa shape index (κ1) is 26.3. The van der Waals surface area contributed by atoms with Gasteiger partial charge < -0.3 is 20.1 Å². The van der Waals surface area contributed by atoms with E-state index >= 15 is 0 Å². The lowest BCUT2D eigenvalue weighted by Crippen LogP contribution is -2.33. The van der Waals surface area contributed by atoms with Gasteiger partial charge in [0.2, 0.25) is 0 Å². The molecule has 2 aromatic carbocycles. The molecule has 0 unspecified atom stereocenters. The number of halogens is 6. The summed E-state index contributed by atoms with van der Waals surface area (Å²) >= 11 is 0. The van der Waals surface area contributed by atoms with Gasteiger partial charge in [-0.3, -0.25) is 9.59 Å². The molecule has 12 heteroatoms. The maximum absolute atomic E-state index is 13.9. The summed E-state index contributed by atoms with van der Waals surface area (Å²) < 4.78 is 90.4. The Morgan fingerprint density at radius 3 is 2.29 bits per heavy atom. The summed E-state index contributed by atoms with van der Waals surface area (Å²) in [5, 5.41) is 4.93. The van der Waals surface area contributed by atoms with E-state index in [2.05, 4.69) is 10.6 Å². The Morgan fingerprint density at radius 2 is 1.71 bits per heavy atom. The third-order valence-corrected chi connectivity index (χ3v) is 4.23. The van der Waals surface area contributed by atoms with Gasteiger partial charge in [0.15, 0.2) is 11.5 Å². The summed E-state index contributed by atoms with van der Waals surface area (Å²) in [5.41, 5.74) is -1.97. The molecule has 1 amide bonds. The van der Waals surface area contributed by atoms with Crippen molar-refractivity contribution in [2.75, 3.05) is 14.2 Å². The van der Waals surface area contributed by atoms with Crippen molar-refractivity contribution in [1.29, 1.82) is 0 Å². The number of allylic oxidation sites excluding steroid dienone is 2. The van der Waals surface area contributed by atoms with E-state index in [0.29, 0.717) is 24.5 Å². The quantitative estimate of drug-likeness (QED) is 0.229. The number of hydrogen-bond donors (Lipinski definition) is 2. The standard InChI is InChI=1S/C22H18F6N2O4/c1-29-9-7-15(8-10-31)30-20(32)16-5-3-13(21(24,25)22(26,27)28)11-18(16)34-17-6-4-14(23)12-19(17)33-2/h3-12,29H,1-2H3,(H,30,32)/b9-7-,15-8+. The molecule has 0 aliphatic rings. The van der Waals surface area contributed by atoms with Gasteiger partial charge in [0.05, 0.1) is 12.7 Å². The van der Waals surface area contributed by atoms with Gasteiger partial charge in [0.25, 0.3) is 5.91 Å². The first-order valence-electron chi connectivity index (χ1n) is 9.35. The van der Waals surface area contributed by atoms with Crippen LogP contribution in [0.15, 0.2) is 60.4 Å². The number of benzene rings is 2. The second-order valence-electron chi connectivity index (χ2n) is 6.51. The van der Waals surface area contributed by atoms with Crippen LogP contribution < -0.4 is 20.1 Å². The number of methoxy groups -OCH3 is 1. The Labute approximate surface area is 189 Å². The number of hydrogen-bond acceptors (Lipinski definition) is 5. The predicted molar refractivity (Wildman–Crippen MR) is 109 cm³/mol. The lowest BCUT2D eigenvalue weighted by atomic mass is 10.0. The molecule has 0 bridgehead atoms. The van der Waals surface area contributed by atoms with Crippen LogP contribution >= 0.6 is 0 Å². The molecule has 0 saturated carbocycles. The molecule has 0 spiro atoms. The average Bonchev–Trinajstić information content (AvgIpc) is 2.77. The van der Waals surface area contributed by atoms with E-state index in [9.17, 15) is 35.9 Å². The fourth-order valence-corrected chi connectivity index (χ4v) is 2.58. The third kappa shape index (κ3) is 6.09. The van der Waals surface area contributed by atoms with Crippen molar-refractivity contribution in [3.8, 4) is 17.2 Å². The Balaban J connectivity index is 2.60. The van der Waals surface area contributed by atoms with Crippen molar-refractivity contribution in [2.24, 2.45) is 0 Å². The van der Waals surface area contributed by atoms with Crippen molar-refractivity contribution in [2.45, 2.75) is 12.1 Å². The van der Waals surface area contributed by atoms with E-state index in [0.717, 1.165) is 31.4 Å². The molecule has 0 fully saturated rings. The molecule has 0 aromatic heterocycles. The highest BCUT2D eigenvalue weighted by atomic mass is 19.4. The molecule has 0 saturated heterocycles. The highest BCUT2D eigenvalue weighted by molar-refractivity contribution is 5.98. The van der Waals surface area contributed by atoms with Gasteiger partial charge in [-0.2, -0.15) is 22.0 Å². The van der Waals surface area contributed by atoms with Crippen molar-refractivity contribution in [3.63, 3.8) is 0 Å². The van der Waals surface area contributed by atoms with Gasteiger partial charge in [0, 0.05) is 30.5 Å². The molecular weight excluding hydrogens is 470 g/mol. The van der Waals surface area contributed by atoms with Crippen LogP contribution in [-0.2, 0) is 10.7 Å². The average molecular weight is 488 g/mol. The molecule has 0 atom stereocenters. The Bertz CT molecular complexity index is 1110. The third-order valence-electron chi connectivity index (χ3n) is 4.23. The van der Waals surface area contributed by atoms with Crippen molar-refractivity contribution in [3.05, 3.63) is 77.4 Å². The van der Waals surface area contributed by atoms with Crippen LogP contribution in [0, 0.1) is 5.82 Å². The van der Waals surface area contributed by atoms with Crippen LogP contribution in [0.2, 0.25) is 0 Å². The van der Waals surface area contributed by atoms with Gasteiger partial charge in [0.1, 0.15) is 17.9 Å². The molecule has 6 nitrogen and oxygen atoms in total. The van der Waals surface area contributed by atoms with Gasteiger partial charge in [-0.1, -0.05) is 6.07 Å². The van der Waals surface area contributed by atoms with Crippen molar-refractivity contribution in [1.82, 2.24) is 10.6 Å². The SMILES string of the molecule is CN/C=C\C(=C/C=O)NC(=O)c1ccc(C(F)(F)C(F)(F)F)cc1Oc1ccc(F)cc1OC. The summed E-state index contributed by atoms with van der Waals surface area (Å²) in [6, 6.07) is 4.32. The van der Waals surface area contributed by atoms with E-state index in [1.54, 1.807) is 7.05 Å². The van der Waals surface area contributed by atoms with E-state index < -0.39 is 40.7 Å². The molecule has 0 heterocycles. The number of rotatable bonds is 9. The number of ether oxygens (including phenoxy) is 2. The van der Waals surface area contributed by atoms with E-state index in [4.69, 9.17) is 9.47 Å². The van der Waals surface area contributed by atoms with Gasteiger partial charge in [-0.15, -0.1) is 0 Å². The summed E-state index contributed by atoms with van der Waals surface area (Å²) in [6.45, 7) is 0. The molecule has 2 aromatic rings. The minimum atomic E-state index is -5.92. The lowest BCUT2D eigenvalue weighted by Gasteiger charge is -2.21. The molecule has 2 N–H and O–H groups in total. The zero-order valence-electron chi connectivity index (χ0n) is 17.7. The first-order valence-corrected chi connectivity index (χ1v) is 9.35. The number of nitrogens with one attached hydrogen (secondary N) is 2. The minimum Gasteiger partial charge on any atom is -0.493 e. The van der Waals surface area contributed by atoms with Crippen LogP contribution in [0.4, 0.5) is 26.3 Å². The molecule has 2 rings (SSSR count). The fourth-order valence-electron chi connectivity index (χ4n) is 2.58. The monoisotopic (exact) mass is 488 g/mol. The number of alkyl halides is 5. The van der Waals surface area contributed by atoms with E-state index in [1.165, 1.54) is 12.3 Å². The fraction of sp³-hybridized carbons (Fsp3) is 0.182. The second-order valence-corrected chi connectivity index (χ2v) is 6.51. The topological polar surface area (TPSA) is 76.7 Å². The van der Waals surface area contributed by atoms with Gasteiger partial charge in [-0.05, 0) is 36.5 Å². The number of carbonyl (C=O) groups excluding carboxylic acids is 2. The van der Waals surface area contributed by atoms with Gasteiger partial charge in [-0.25, -0.2) is 4.39 Å². The van der Waals surface area contributed by atoms with E-state index in [1.807, 2.05) is 0 Å². The lowest BCUT2D eigenvalue weighted by molar-refractivity contribution is -0.289. The number of aldehydes is 1. The van der Waals surface area contributed by atoms with Crippen LogP contribution in [0.3, 0.4) is 0 Å².